The van der Waals surface area contributed by atoms with Gasteiger partial charge in [0.25, 0.3) is 0 Å². The highest BCUT2D eigenvalue weighted by Crippen LogP contribution is 2.20. The van der Waals surface area contributed by atoms with Crippen LogP contribution >= 0.6 is 0 Å². The van der Waals surface area contributed by atoms with Crippen molar-refractivity contribution in [3.05, 3.63) is 34.9 Å². The van der Waals surface area contributed by atoms with E-state index in [1.54, 1.807) is 0 Å². The summed E-state index contributed by atoms with van der Waals surface area (Å²) in [5.41, 5.74) is 3.09. The molecular weight excluding hydrogens is 210 g/mol. The van der Waals surface area contributed by atoms with Crippen LogP contribution in [0.1, 0.15) is 35.3 Å². The van der Waals surface area contributed by atoms with Crippen molar-refractivity contribution < 1.29 is 4.79 Å². The smallest absolute Gasteiger partial charge is 0.167 e. The molecule has 0 saturated heterocycles. The fourth-order valence-corrected chi connectivity index (χ4v) is 2.05. The van der Waals surface area contributed by atoms with Gasteiger partial charge in [0.15, 0.2) is 5.78 Å². The molecule has 1 N–H and O–H groups in total. The lowest BCUT2D eigenvalue weighted by atomic mass is 9.86. The van der Waals surface area contributed by atoms with Gasteiger partial charge in [0.2, 0.25) is 0 Å². The zero-order valence-electron chi connectivity index (χ0n) is 11.5. The Hall–Kier alpha value is -1.15. The summed E-state index contributed by atoms with van der Waals surface area (Å²) in [5, 5.41) is 3.11. The lowest BCUT2D eigenvalue weighted by molar-refractivity contribution is 0.0885. The van der Waals surface area contributed by atoms with Crippen LogP contribution in [-0.4, -0.2) is 19.4 Å². The van der Waals surface area contributed by atoms with Gasteiger partial charge in [-0.2, -0.15) is 0 Å². The summed E-state index contributed by atoms with van der Waals surface area (Å²) in [4.78, 5) is 12.5. The Morgan fingerprint density at radius 2 is 1.94 bits per heavy atom. The van der Waals surface area contributed by atoms with E-state index in [4.69, 9.17) is 0 Å². The Bertz CT molecular complexity index is 396. The van der Waals surface area contributed by atoms with Crippen LogP contribution in [0.3, 0.4) is 0 Å². The fraction of sp³-hybridized carbons (Fsp3) is 0.533. The molecule has 1 atom stereocenters. The minimum absolute atomic E-state index is 0.0560. The predicted molar refractivity (Wildman–Crippen MR) is 72.5 cm³/mol. The van der Waals surface area contributed by atoms with E-state index in [1.807, 2.05) is 33.0 Å². The van der Waals surface area contributed by atoms with E-state index in [0.29, 0.717) is 5.92 Å². The summed E-state index contributed by atoms with van der Waals surface area (Å²) >= 11 is 0. The number of aryl methyl sites for hydroxylation is 2. The third-order valence-corrected chi connectivity index (χ3v) is 3.22. The van der Waals surface area contributed by atoms with Crippen molar-refractivity contribution in [3.8, 4) is 0 Å². The SMILES string of the molecule is CNCC(C(=O)c1cc(C)ccc1C)C(C)C. The summed E-state index contributed by atoms with van der Waals surface area (Å²) in [6.07, 6.45) is 0. The molecule has 0 spiro atoms. The van der Waals surface area contributed by atoms with Crippen LogP contribution in [0.25, 0.3) is 0 Å². The van der Waals surface area contributed by atoms with Crippen molar-refractivity contribution in [2.24, 2.45) is 11.8 Å². The number of hydrogen-bond acceptors (Lipinski definition) is 2. The number of Topliss-reactive ketones (excluding diaryl/α,β-unsaturated/α-hetero) is 1. The quantitative estimate of drug-likeness (QED) is 0.792. The van der Waals surface area contributed by atoms with Gasteiger partial charge in [-0.05, 0) is 38.4 Å². The van der Waals surface area contributed by atoms with Gasteiger partial charge >= 0.3 is 0 Å². The standard InChI is InChI=1S/C15H23NO/c1-10(2)14(9-16-5)15(17)13-8-11(3)6-7-12(13)4/h6-8,10,14,16H,9H2,1-5H3. The summed E-state index contributed by atoms with van der Waals surface area (Å²) in [6.45, 7) is 8.97. The fourth-order valence-electron chi connectivity index (χ4n) is 2.05. The molecular formula is C15H23NO. The minimum Gasteiger partial charge on any atom is -0.319 e. The van der Waals surface area contributed by atoms with Gasteiger partial charge in [-0.15, -0.1) is 0 Å². The molecule has 2 nitrogen and oxygen atoms in total. The van der Waals surface area contributed by atoms with Gasteiger partial charge in [0, 0.05) is 18.0 Å². The molecule has 0 aliphatic rings. The minimum atomic E-state index is 0.0560. The van der Waals surface area contributed by atoms with Crippen molar-refractivity contribution in [2.75, 3.05) is 13.6 Å². The largest absolute Gasteiger partial charge is 0.319 e. The monoisotopic (exact) mass is 233 g/mol. The zero-order valence-corrected chi connectivity index (χ0v) is 11.5. The van der Waals surface area contributed by atoms with Gasteiger partial charge in [-0.3, -0.25) is 4.79 Å². The molecule has 94 valence electrons. The van der Waals surface area contributed by atoms with Crippen LogP contribution in [0.5, 0.6) is 0 Å². The normalized spacial score (nSPS) is 12.8. The second kappa shape index (κ2) is 5.97. The molecule has 2 heteroatoms. The van der Waals surface area contributed by atoms with Crippen molar-refractivity contribution in [2.45, 2.75) is 27.7 Å². The number of nitrogens with one attached hydrogen (secondary N) is 1. The van der Waals surface area contributed by atoms with E-state index in [1.165, 1.54) is 0 Å². The molecule has 0 aliphatic carbocycles. The third-order valence-electron chi connectivity index (χ3n) is 3.22. The summed E-state index contributed by atoms with van der Waals surface area (Å²) in [7, 11) is 1.89. The number of carbonyl (C=O) groups is 1. The highest BCUT2D eigenvalue weighted by atomic mass is 16.1. The Balaban J connectivity index is 3.04. The van der Waals surface area contributed by atoms with Gasteiger partial charge < -0.3 is 5.32 Å². The average Bonchev–Trinajstić information content (AvgIpc) is 2.28. The summed E-state index contributed by atoms with van der Waals surface area (Å²) in [6, 6.07) is 6.08. The van der Waals surface area contributed by atoms with Gasteiger partial charge in [0.05, 0.1) is 0 Å². The van der Waals surface area contributed by atoms with Crippen LogP contribution in [-0.2, 0) is 0 Å². The van der Waals surface area contributed by atoms with Crippen LogP contribution in [0.4, 0.5) is 0 Å². The number of rotatable bonds is 5. The predicted octanol–water partition coefficient (Wildman–Crippen LogP) is 2.98. The molecule has 0 amide bonds. The van der Waals surface area contributed by atoms with Crippen LogP contribution < -0.4 is 5.32 Å². The Morgan fingerprint density at radius 1 is 1.29 bits per heavy atom. The second-order valence-corrected chi connectivity index (χ2v) is 5.09. The molecule has 0 aromatic heterocycles. The highest BCUT2D eigenvalue weighted by molar-refractivity contribution is 5.99. The molecule has 0 bridgehead atoms. The molecule has 0 fully saturated rings. The molecule has 1 unspecified atom stereocenters. The van der Waals surface area contributed by atoms with Crippen molar-refractivity contribution in [1.29, 1.82) is 0 Å². The zero-order chi connectivity index (χ0) is 13.0. The summed E-state index contributed by atoms with van der Waals surface area (Å²) < 4.78 is 0. The highest BCUT2D eigenvalue weighted by Gasteiger charge is 2.23. The Morgan fingerprint density at radius 3 is 2.47 bits per heavy atom. The van der Waals surface area contributed by atoms with Crippen molar-refractivity contribution >= 4 is 5.78 Å². The first-order valence-electron chi connectivity index (χ1n) is 6.23. The van der Waals surface area contributed by atoms with Crippen LogP contribution in [0.2, 0.25) is 0 Å². The summed E-state index contributed by atoms with van der Waals surface area (Å²) in [5.74, 6) is 0.672. The molecule has 0 radical (unpaired) electrons. The first-order chi connectivity index (χ1) is 7.97. The second-order valence-electron chi connectivity index (χ2n) is 5.09. The molecule has 0 aliphatic heterocycles. The Labute approximate surface area is 104 Å². The number of hydrogen-bond donors (Lipinski definition) is 1. The van der Waals surface area contributed by atoms with Crippen LogP contribution in [0.15, 0.2) is 18.2 Å². The third kappa shape index (κ3) is 3.40. The number of ketones is 1. The van der Waals surface area contributed by atoms with Crippen molar-refractivity contribution in [1.82, 2.24) is 5.32 Å². The maximum Gasteiger partial charge on any atom is 0.167 e. The molecule has 1 rings (SSSR count). The molecule has 1 aromatic rings. The Kier molecular flexibility index (Phi) is 4.88. The average molecular weight is 233 g/mol. The van der Waals surface area contributed by atoms with E-state index in [2.05, 4.69) is 25.2 Å². The van der Waals surface area contributed by atoms with E-state index >= 15 is 0 Å². The lowest BCUT2D eigenvalue weighted by Crippen LogP contribution is -2.30. The molecule has 1 aromatic carbocycles. The molecule has 0 heterocycles. The number of benzene rings is 1. The van der Waals surface area contributed by atoms with E-state index < -0.39 is 0 Å². The lowest BCUT2D eigenvalue weighted by Gasteiger charge is -2.20. The van der Waals surface area contributed by atoms with E-state index in [0.717, 1.165) is 23.2 Å². The maximum atomic E-state index is 12.5. The van der Waals surface area contributed by atoms with Gasteiger partial charge in [-0.25, -0.2) is 0 Å². The van der Waals surface area contributed by atoms with E-state index in [9.17, 15) is 4.79 Å². The van der Waals surface area contributed by atoms with Gasteiger partial charge in [0.1, 0.15) is 0 Å². The topological polar surface area (TPSA) is 29.1 Å². The van der Waals surface area contributed by atoms with Crippen LogP contribution in [0, 0.1) is 25.7 Å². The molecule has 0 saturated carbocycles. The van der Waals surface area contributed by atoms with Crippen molar-refractivity contribution in [3.63, 3.8) is 0 Å². The van der Waals surface area contributed by atoms with E-state index in [-0.39, 0.29) is 11.7 Å². The first kappa shape index (κ1) is 13.9. The first-order valence-corrected chi connectivity index (χ1v) is 6.23. The molecule has 17 heavy (non-hydrogen) atoms. The maximum absolute atomic E-state index is 12.5. The van der Waals surface area contributed by atoms with Gasteiger partial charge in [-0.1, -0.05) is 31.5 Å². The number of carbonyl (C=O) groups excluding carboxylic acids is 1.